The van der Waals surface area contributed by atoms with Gasteiger partial charge in [-0.3, -0.25) is 4.90 Å². The Morgan fingerprint density at radius 1 is 1.32 bits per heavy atom. The fourth-order valence-electron chi connectivity index (χ4n) is 2.14. The highest BCUT2D eigenvalue weighted by Crippen LogP contribution is 2.30. The van der Waals surface area contributed by atoms with Gasteiger partial charge in [-0.25, -0.2) is 4.39 Å². The molecule has 1 fully saturated rings. The molecule has 0 N–H and O–H groups in total. The van der Waals surface area contributed by atoms with Crippen LogP contribution in [-0.4, -0.2) is 30.7 Å². The van der Waals surface area contributed by atoms with Crippen molar-refractivity contribution in [3.05, 3.63) is 35.1 Å². The van der Waals surface area contributed by atoms with Crippen LogP contribution in [0.15, 0.2) is 18.2 Å². The standard InChI is InChI=1S/C13H15F4NO/c1-9-8-19-3-2-18(9)7-10-4-11(13(15,16)17)6-12(14)5-10/h4-6,9H,2-3,7-8H2,1H3. The van der Waals surface area contributed by atoms with E-state index in [1.165, 1.54) is 0 Å². The van der Waals surface area contributed by atoms with Crippen LogP contribution in [0, 0.1) is 5.82 Å². The molecular weight excluding hydrogens is 262 g/mol. The van der Waals surface area contributed by atoms with Crippen LogP contribution in [0.3, 0.4) is 0 Å². The van der Waals surface area contributed by atoms with Gasteiger partial charge in [0.1, 0.15) is 5.82 Å². The number of hydrogen-bond acceptors (Lipinski definition) is 2. The largest absolute Gasteiger partial charge is 0.416 e. The number of alkyl halides is 3. The lowest BCUT2D eigenvalue weighted by molar-refractivity contribution is -0.137. The molecule has 1 unspecified atom stereocenters. The third-order valence-corrected chi connectivity index (χ3v) is 3.18. The molecular formula is C13H15F4NO. The summed E-state index contributed by atoms with van der Waals surface area (Å²) in [6.07, 6.45) is -4.52. The van der Waals surface area contributed by atoms with E-state index in [0.717, 1.165) is 12.1 Å². The van der Waals surface area contributed by atoms with E-state index in [9.17, 15) is 17.6 Å². The Morgan fingerprint density at radius 3 is 2.68 bits per heavy atom. The normalized spacial score (nSPS) is 21.6. The lowest BCUT2D eigenvalue weighted by atomic mass is 10.1. The van der Waals surface area contributed by atoms with Crippen molar-refractivity contribution in [1.29, 1.82) is 0 Å². The van der Waals surface area contributed by atoms with Crippen LogP contribution >= 0.6 is 0 Å². The van der Waals surface area contributed by atoms with E-state index in [1.807, 2.05) is 11.8 Å². The summed E-state index contributed by atoms with van der Waals surface area (Å²) in [5.41, 5.74) is -0.607. The number of ether oxygens (including phenoxy) is 1. The van der Waals surface area contributed by atoms with Crippen molar-refractivity contribution in [3.8, 4) is 0 Å². The Hall–Kier alpha value is -1.14. The van der Waals surface area contributed by atoms with E-state index in [4.69, 9.17) is 4.74 Å². The molecule has 0 bridgehead atoms. The van der Waals surface area contributed by atoms with E-state index in [0.29, 0.717) is 37.9 Å². The molecule has 1 atom stereocenters. The predicted octanol–water partition coefficient (Wildman–Crippen LogP) is 3.07. The third kappa shape index (κ3) is 3.67. The molecule has 1 heterocycles. The van der Waals surface area contributed by atoms with Crippen LogP contribution in [-0.2, 0) is 17.5 Å². The first-order valence-electron chi connectivity index (χ1n) is 6.05. The van der Waals surface area contributed by atoms with Gasteiger partial charge in [0.2, 0.25) is 0 Å². The average molecular weight is 277 g/mol. The molecule has 0 aromatic heterocycles. The Labute approximate surface area is 109 Å². The zero-order chi connectivity index (χ0) is 14.0. The molecule has 1 aromatic rings. The summed E-state index contributed by atoms with van der Waals surface area (Å²) >= 11 is 0. The summed E-state index contributed by atoms with van der Waals surface area (Å²) in [5.74, 6) is -0.856. The van der Waals surface area contributed by atoms with Gasteiger partial charge < -0.3 is 4.74 Å². The summed E-state index contributed by atoms with van der Waals surface area (Å²) in [6.45, 7) is 3.96. The minimum absolute atomic E-state index is 0.117. The van der Waals surface area contributed by atoms with Crippen molar-refractivity contribution in [1.82, 2.24) is 4.90 Å². The molecule has 0 amide bonds. The predicted molar refractivity (Wildman–Crippen MR) is 62.1 cm³/mol. The van der Waals surface area contributed by atoms with Crippen molar-refractivity contribution in [2.75, 3.05) is 19.8 Å². The Morgan fingerprint density at radius 2 is 2.05 bits per heavy atom. The van der Waals surface area contributed by atoms with Gasteiger partial charge in [0.25, 0.3) is 0 Å². The van der Waals surface area contributed by atoms with Crippen LogP contribution in [0.4, 0.5) is 17.6 Å². The first-order valence-corrected chi connectivity index (χ1v) is 6.05. The van der Waals surface area contributed by atoms with Gasteiger partial charge >= 0.3 is 6.18 Å². The van der Waals surface area contributed by atoms with Gasteiger partial charge in [-0.05, 0) is 30.7 Å². The van der Waals surface area contributed by atoms with Crippen molar-refractivity contribution in [3.63, 3.8) is 0 Å². The maximum absolute atomic E-state index is 13.3. The summed E-state index contributed by atoms with van der Waals surface area (Å²) < 4.78 is 56.3. The smallest absolute Gasteiger partial charge is 0.379 e. The van der Waals surface area contributed by atoms with E-state index in [-0.39, 0.29) is 6.04 Å². The third-order valence-electron chi connectivity index (χ3n) is 3.18. The maximum Gasteiger partial charge on any atom is 0.416 e. The highest BCUT2D eigenvalue weighted by molar-refractivity contribution is 5.26. The summed E-state index contributed by atoms with van der Waals surface area (Å²) in [5, 5.41) is 0. The average Bonchev–Trinajstić information content (AvgIpc) is 2.30. The molecule has 19 heavy (non-hydrogen) atoms. The van der Waals surface area contributed by atoms with Crippen LogP contribution in [0.25, 0.3) is 0 Å². The minimum atomic E-state index is -4.52. The van der Waals surface area contributed by atoms with Crippen LogP contribution in [0.1, 0.15) is 18.1 Å². The minimum Gasteiger partial charge on any atom is -0.379 e. The number of morpholine rings is 1. The quantitative estimate of drug-likeness (QED) is 0.770. The number of nitrogens with zero attached hydrogens (tertiary/aromatic N) is 1. The van der Waals surface area contributed by atoms with E-state index < -0.39 is 17.6 Å². The first kappa shape index (κ1) is 14.3. The molecule has 1 saturated heterocycles. The molecule has 2 rings (SSSR count). The zero-order valence-electron chi connectivity index (χ0n) is 10.5. The maximum atomic E-state index is 13.3. The summed E-state index contributed by atoms with van der Waals surface area (Å²) in [7, 11) is 0. The molecule has 0 spiro atoms. The molecule has 2 nitrogen and oxygen atoms in total. The summed E-state index contributed by atoms with van der Waals surface area (Å²) in [6, 6.07) is 2.79. The van der Waals surface area contributed by atoms with Gasteiger partial charge in [0.05, 0.1) is 18.8 Å². The van der Waals surface area contributed by atoms with Crippen LogP contribution in [0.5, 0.6) is 0 Å². The zero-order valence-corrected chi connectivity index (χ0v) is 10.5. The molecule has 1 aromatic carbocycles. The van der Waals surface area contributed by atoms with Gasteiger partial charge in [-0.2, -0.15) is 13.2 Å². The lowest BCUT2D eigenvalue weighted by Gasteiger charge is -2.33. The van der Waals surface area contributed by atoms with Crippen molar-refractivity contribution in [2.45, 2.75) is 25.7 Å². The van der Waals surface area contributed by atoms with Crippen molar-refractivity contribution < 1.29 is 22.3 Å². The Balaban J connectivity index is 2.18. The van der Waals surface area contributed by atoms with Gasteiger partial charge in [-0.15, -0.1) is 0 Å². The monoisotopic (exact) mass is 277 g/mol. The van der Waals surface area contributed by atoms with Crippen molar-refractivity contribution >= 4 is 0 Å². The molecule has 6 heteroatoms. The second-order valence-corrected chi connectivity index (χ2v) is 4.74. The molecule has 1 aliphatic heterocycles. The van der Waals surface area contributed by atoms with Gasteiger partial charge in [0.15, 0.2) is 0 Å². The summed E-state index contributed by atoms with van der Waals surface area (Å²) in [4.78, 5) is 1.98. The van der Waals surface area contributed by atoms with E-state index >= 15 is 0 Å². The van der Waals surface area contributed by atoms with Crippen LogP contribution < -0.4 is 0 Å². The molecule has 0 aliphatic carbocycles. The SMILES string of the molecule is CC1COCCN1Cc1cc(F)cc(C(F)(F)F)c1. The molecule has 1 aliphatic rings. The first-order chi connectivity index (χ1) is 8.86. The van der Waals surface area contributed by atoms with Gasteiger partial charge in [-0.1, -0.05) is 0 Å². The fourth-order valence-corrected chi connectivity index (χ4v) is 2.14. The Bertz CT molecular complexity index is 447. The van der Waals surface area contributed by atoms with E-state index in [2.05, 4.69) is 0 Å². The van der Waals surface area contributed by atoms with Crippen LogP contribution in [0.2, 0.25) is 0 Å². The molecule has 0 saturated carbocycles. The number of halogens is 4. The second-order valence-electron chi connectivity index (χ2n) is 4.74. The van der Waals surface area contributed by atoms with Gasteiger partial charge in [0, 0.05) is 19.1 Å². The number of hydrogen-bond donors (Lipinski definition) is 0. The highest BCUT2D eigenvalue weighted by Gasteiger charge is 2.31. The second kappa shape index (κ2) is 5.46. The lowest BCUT2D eigenvalue weighted by Crippen LogP contribution is -2.42. The van der Waals surface area contributed by atoms with Crippen molar-refractivity contribution in [2.24, 2.45) is 0 Å². The fraction of sp³-hybridized carbons (Fsp3) is 0.538. The topological polar surface area (TPSA) is 12.5 Å². The van der Waals surface area contributed by atoms with E-state index in [1.54, 1.807) is 0 Å². The number of rotatable bonds is 2. The Kier molecular flexibility index (Phi) is 4.10. The molecule has 0 radical (unpaired) electrons. The number of benzene rings is 1. The highest BCUT2D eigenvalue weighted by atomic mass is 19.4. The molecule has 106 valence electrons.